The number of nitrogen functional groups attached to an aromatic ring is 1. The van der Waals surface area contributed by atoms with Crippen LogP contribution in [0.2, 0.25) is 0 Å². The van der Waals surface area contributed by atoms with Gasteiger partial charge in [0.1, 0.15) is 0 Å². The summed E-state index contributed by atoms with van der Waals surface area (Å²) in [6.45, 7) is 17.9. The summed E-state index contributed by atoms with van der Waals surface area (Å²) >= 11 is 0. The largest absolute Gasteiger partial charge is 0.397 e. The number of aryl methyl sites for hydroxylation is 1. The van der Waals surface area contributed by atoms with Crippen LogP contribution in [0.4, 0.5) is 11.4 Å². The minimum absolute atomic E-state index is 0.651. The first-order chi connectivity index (χ1) is 26.9. The number of nitrogens with two attached hydrogens (primary N) is 1. The van der Waals surface area contributed by atoms with Gasteiger partial charge in [0, 0.05) is 17.0 Å². The molecule has 266 valence electrons. The Bertz CT molecular complexity index is 2990. The molecule has 0 amide bonds. The third kappa shape index (κ3) is 6.43. The molecule has 8 rings (SSSR count). The number of nitrogens with zero attached hydrogens (tertiary/aromatic N) is 1. The van der Waals surface area contributed by atoms with Crippen LogP contribution < -0.4 is 31.5 Å². The van der Waals surface area contributed by atoms with Gasteiger partial charge in [-0.15, -0.1) is 0 Å². The van der Waals surface area contributed by atoms with E-state index in [4.69, 9.17) is 12.3 Å². The Morgan fingerprint density at radius 3 is 2.15 bits per heavy atom. The summed E-state index contributed by atoms with van der Waals surface area (Å²) in [6.07, 6.45) is 16.1. The van der Waals surface area contributed by atoms with Crippen LogP contribution in [0.5, 0.6) is 0 Å². The van der Waals surface area contributed by atoms with Crippen molar-refractivity contribution in [3.05, 3.63) is 203 Å². The van der Waals surface area contributed by atoms with E-state index in [1.54, 1.807) is 0 Å². The van der Waals surface area contributed by atoms with Gasteiger partial charge in [-0.1, -0.05) is 159 Å². The minimum atomic E-state index is 0.651. The van der Waals surface area contributed by atoms with E-state index in [0.717, 1.165) is 61.6 Å². The summed E-state index contributed by atoms with van der Waals surface area (Å²) in [6, 6.07) is 45.1. The fraction of sp³-hybridized carbons (Fsp3) is 0.0566. The van der Waals surface area contributed by atoms with Crippen molar-refractivity contribution in [1.29, 1.82) is 0 Å². The Hall–Kier alpha value is -6.90. The highest BCUT2D eigenvalue weighted by Crippen LogP contribution is 2.40. The molecule has 2 heteroatoms. The number of rotatable bonds is 8. The molecule has 7 aromatic carbocycles. The second-order valence-electron chi connectivity index (χ2n) is 14.1. The lowest BCUT2D eigenvalue weighted by atomic mass is 9.86. The van der Waals surface area contributed by atoms with Crippen molar-refractivity contribution in [1.82, 2.24) is 0 Å². The average Bonchev–Trinajstić information content (AvgIpc) is 3.46. The van der Waals surface area contributed by atoms with Gasteiger partial charge in [0.05, 0.1) is 11.4 Å². The molecule has 1 aliphatic rings. The Morgan fingerprint density at radius 1 is 0.691 bits per heavy atom. The van der Waals surface area contributed by atoms with Crippen molar-refractivity contribution in [2.75, 3.05) is 10.6 Å². The van der Waals surface area contributed by atoms with Gasteiger partial charge in [0.25, 0.3) is 0 Å². The lowest BCUT2D eigenvalue weighted by Crippen LogP contribution is -2.30. The smallest absolute Gasteiger partial charge is 0.0691 e. The molecule has 7 aromatic rings. The third-order valence-corrected chi connectivity index (χ3v) is 10.8. The molecule has 2 nitrogen and oxygen atoms in total. The van der Waals surface area contributed by atoms with Crippen LogP contribution in [0.15, 0.2) is 165 Å². The number of allylic oxidation sites excluding steroid dienone is 3. The second kappa shape index (κ2) is 14.9. The van der Waals surface area contributed by atoms with Crippen molar-refractivity contribution < 1.29 is 0 Å². The maximum absolute atomic E-state index is 6.71. The van der Waals surface area contributed by atoms with Crippen LogP contribution in [-0.2, 0) is 0 Å². The Kier molecular flexibility index (Phi) is 9.49. The third-order valence-electron chi connectivity index (χ3n) is 10.8. The molecule has 0 saturated carbocycles. The van der Waals surface area contributed by atoms with Gasteiger partial charge in [-0.3, -0.25) is 0 Å². The highest BCUT2D eigenvalue weighted by Gasteiger charge is 2.22. The lowest BCUT2D eigenvalue weighted by molar-refractivity contribution is 1.29. The number of anilines is 2. The lowest BCUT2D eigenvalue weighted by Gasteiger charge is -2.31. The van der Waals surface area contributed by atoms with Crippen molar-refractivity contribution >= 4 is 68.6 Å². The van der Waals surface area contributed by atoms with E-state index in [1.807, 2.05) is 30.3 Å². The molecule has 0 heterocycles. The van der Waals surface area contributed by atoms with Crippen LogP contribution in [0.25, 0.3) is 79.5 Å². The maximum Gasteiger partial charge on any atom is 0.0691 e. The molecule has 0 aromatic heterocycles. The Morgan fingerprint density at radius 2 is 1.38 bits per heavy atom. The summed E-state index contributed by atoms with van der Waals surface area (Å²) in [5, 5.41) is 9.49. The molecule has 2 N–H and O–H groups in total. The molecule has 0 radical (unpaired) electrons. The molecule has 55 heavy (non-hydrogen) atoms. The summed E-state index contributed by atoms with van der Waals surface area (Å²) in [4.78, 5) is 2.11. The zero-order valence-corrected chi connectivity index (χ0v) is 31.5. The SMILES string of the molecule is C=C/C=c1/c(-c2ccc3c(c2)=CCC=CC=3)c2ccccc2c(-c2ccc(C)c(C(=C)N(C(=C)c3ccc4ccccc4c3)c3ccccc3N)c2)/c1=C/C. The molecule has 0 saturated heterocycles. The highest BCUT2D eigenvalue weighted by atomic mass is 15.2. The van der Waals surface area contributed by atoms with Gasteiger partial charge in [-0.05, 0) is 126 Å². The highest BCUT2D eigenvalue weighted by molar-refractivity contribution is 6.07. The topological polar surface area (TPSA) is 29.3 Å². The molecule has 1 aliphatic carbocycles. The minimum Gasteiger partial charge on any atom is -0.397 e. The van der Waals surface area contributed by atoms with Crippen molar-refractivity contribution in [3.63, 3.8) is 0 Å². The van der Waals surface area contributed by atoms with Crippen molar-refractivity contribution in [2.45, 2.75) is 20.3 Å². The fourth-order valence-corrected chi connectivity index (χ4v) is 8.05. The zero-order valence-electron chi connectivity index (χ0n) is 31.5. The van der Waals surface area contributed by atoms with Gasteiger partial charge in [-0.25, -0.2) is 0 Å². The first-order valence-electron chi connectivity index (χ1n) is 18.8. The van der Waals surface area contributed by atoms with Gasteiger partial charge in [0.15, 0.2) is 0 Å². The standard InChI is InChI=1S/C53H44N2/c1-6-17-46-45(7-2)52(47-22-13-14-23-48(47)53(46)43-31-29-38-18-9-8-10-20-42(38)33-43)44-27-26-35(3)49(34-44)37(5)55(51-25-16-15-24-50(51)54)36(4)40-30-28-39-19-11-12-21-41(39)32-40/h6-9,11-34H,1,4-5,10,54H2,2-3H3/b45-7+,46-17+. The molecular weight excluding hydrogens is 665 g/mol. The molecular formula is C53H44N2. The van der Waals surface area contributed by atoms with E-state index in [0.29, 0.717) is 5.69 Å². The first-order valence-corrected chi connectivity index (χ1v) is 18.8. The van der Waals surface area contributed by atoms with E-state index >= 15 is 0 Å². The van der Waals surface area contributed by atoms with E-state index in [9.17, 15) is 0 Å². The summed E-state index contributed by atoms with van der Waals surface area (Å²) in [5.41, 5.74) is 17.6. The quantitative estimate of drug-likeness (QED) is 0.159. The van der Waals surface area contributed by atoms with Crippen molar-refractivity contribution in [3.8, 4) is 22.3 Å². The predicted octanol–water partition coefficient (Wildman–Crippen LogP) is 10.7. The number of hydrogen-bond acceptors (Lipinski definition) is 2. The van der Waals surface area contributed by atoms with Crippen LogP contribution >= 0.6 is 0 Å². The molecule has 0 atom stereocenters. The summed E-state index contributed by atoms with van der Waals surface area (Å²) in [5.74, 6) is 0. The first kappa shape index (κ1) is 35.1. The zero-order chi connectivity index (χ0) is 38.1. The molecule has 0 spiro atoms. The number of hydrogen-bond donors (Lipinski definition) is 1. The second-order valence-corrected chi connectivity index (χ2v) is 14.1. The molecule has 0 bridgehead atoms. The van der Waals surface area contributed by atoms with Crippen LogP contribution in [0.1, 0.15) is 30.0 Å². The van der Waals surface area contributed by atoms with E-state index in [-0.39, 0.29) is 0 Å². The maximum atomic E-state index is 6.71. The summed E-state index contributed by atoms with van der Waals surface area (Å²) < 4.78 is 0. The Labute approximate surface area is 323 Å². The number of para-hydroxylation sites is 2. The molecule has 0 unspecified atom stereocenters. The Balaban J connectivity index is 1.34. The van der Waals surface area contributed by atoms with Crippen LogP contribution in [0.3, 0.4) is 0 Å². The van der Waals surface area contributed by atoms with Crippen molar-refractivity contribution in [2.24, 2.45) is 0 Å². The van der Waals surface area contributed by atoms with E-state index in [2.05, 4.69) is 171 Å². The number of fused-ring (bicyclic) bond motifs is 3. The average molecular weight is 709 g/mol. The van der Waals surface area contributed by atoms with E-state index in [1.165, 1.54) is 43.3 Å². The molecule has 0 fully saturated rings. The van der Waals surface area contributed by atoms with Crippen LogP contribution in [0, 0.1) is 6.92 Å². The predicted molar refractivity (Wildman–Crippen MR) is 241 cm³/mol. The van der Waals surface area contributed by atoms with Gasteiger partial charge < -0.3 is 10.6 Å². The fourth-order valence-electron chi connectivity index (χ4n) is 8.05. The normalized spacial score (nSPS) is 12.8. The van der Waals surface area contributed by atoms with Crippen LogP contribution in [-0.4, -0.2) is 0 Å². The monoisotopic (exact) mass is 708 g/mol. The molecule has 0 aliphatic heterocycles. The van der Waals surface area contributed by atoms with Gasteiger partial charge >= 0.3 is 0 Å². The van der Waals surface area contributed by atoms with Gasteiger partial charge in [-0.2, -0.15) is 0 Å². The van der Waals surface area contributed by atoms with E-state index < -0.39 is 0 Å². The number of benzene rings is 7. The van der Waals surface area contributed by atoms with Gasteiger partial charge in [0.2, 0.25) is 0 Å². The summed E-state index contributed by atoms with van der Waals surface area (Å²) in [7, 11) is 0.